The minimum absolute atomic E-state index is 0.0837. The maximum Gasteiger partial charge on any atom is 0.251 e. The fraction of sp³-hybridized carbons (Fsp3) is 0.471. The Morgan fingerprint density at radius 2 is 2.12 bits per heavy atom. The van der Waals surface area contributed by atoms with Crippen LogP contribution in [0.3, 0.4) is 0 Å². The second kappa shape index (κ2) is 6.90. The average molecular weight is 330 g/mol. The van der Waals surface area contributed by atoms with E-state index < -0.39 is 0 Å². The molecule has 7 heteroatoms. The minimum atomic E-state index is -0.135. The van der Waals surface area contributed by atoms with Crippen molar-refractivity contribution in [1.82, 2.24) is 15.5 Å². The van der Waals surface area contributed by atoms with Crippen LogP contribution < -0.4 is 16.0 Å². The Kier molecular flexibility index (Phi) is 4.69. The van der Waals surface area contributed by atoms with Gasteiger partial charge < -0.3 is 20.9 Å². The van der Waals surface area contributed by atoms with Gasteiger partial charge in [-0.1, -0.05) is 6.07 Å². The standard InChI is InChI=1S/C17H22N4O3/c1-11-2-3-12(17(24)20-13-4-5-13)8-14(11)19-9-16(23)21-7-6-18-15(22)10-21/h2-3,8,13,19H,4-7,9-10H2,1H3,(H,18,22)(H,20,24). The lowest BCUT2D eigenvalue weighted by molar-refractivity contribution is -0.136. The lowest BCUT2D eigenvalue weighted by Crippen LogP contribution is -2.51. The Balaban J connectivity index is 1.60. The van der Waals surface area contributed by atoms with Crippen LogP contribution in [-0.4, -0.2) is 54.8 Å². The van der Waals surface area contributed by atoms with Crippen molar-refractivity contribution in [2.24, 2.45) is 0 Å². The van der Waals surface area contributed by atoms with E-state index in [0.717, 1.165) is 24.1 Å². The van der Waals surface area contributed by atoms with Gasteiger partial charge in [-0.3, -0.25) is 14.4 Å². The van der Waals surface area contributed by atoms with E-state index in [1.807, 2.05) is 13.0 Å². The van der Waals surface area contributed by atoms with Crippen molar-refractivity contribution >= 4 is 23.4 Å². The van der Waals surface area contributed by atoms with Gasteiger partial charge in [-0.15, -0.1) is 0 Å². The summed E-state index contributed by atoms with van der Waals surface area (Å²) in [5, 5.41) is 8.73. The number of hydrogen-bond donors (Lipinski definition) is 3. The maximum absolute atomic E-state index is 12.2. The van der Waals surface area contributed by atoms with Crippen LogP contribution in [-0.2, 0) is 9.59 Å². The molecule has 0 spiro atoms. The summed E-state index contributed by atoms with van der Waals surface area (Å²) >= 11 is 0. The third-order valence-corrected chi connectivity index (χ3v) is 4.23. The van der Waals surface area contributed by atoms with Crippen LogP contribution >= 0.6 is 0 Å². The zero-order chi connectivity index (χ0) is 17.1. The minimum Gasteiger partial charge on any atom is -0.376 e. The highest BCUT2D eigenvalue weighted by atomic mass is 16.2. The van der Waals surface area contributed by atoms with Gasteiger partial charge in [0.15, 0.2) is 0 Å². The molecule has 3 N–H and O–H groups in total. The molecule has 128 valence electrons. The number of carbonyl (C=O) groups is 3. The van der Waals surface area contributed by atoms with Crippen molar-refractivity contribution in [2.45, 2.75) is 25.8 Å². The van der Waals surface area contributed by atoms with Gasteiger partial charge in [-0.25, -0.2) is 0 Å². The summed E-state index contributed by atoms with van der Waals surface area (Å²) < 4.78 is 0. The predicted molar refractivity (Wildman–Crippen MR) is 89.7 cm³/mol. The number of rotatable bonds is 5. The van der Waals surface area contributed by atoms with E-state index >= 15 is 0 Å². The zero-order valence-corrected chi connectivity index (χ0v) is 13.7. The van der Waals surface area contributed by atoms with E-state index in [4.69, 9.17) is 0 Å². The molecular formula is C17H22N4O3. The molecular weight excluding hydrogens is 308 g/mol. The number of benzene rings is 1. The number of carbonyl (C=O) groups excluding carboxylic acids is 3. The summed E-state index contributed by atoms with van der Waals surface area (Å²) in [5.41, 5.74) is 2.30. The van der Waals surface area contributed by atoms with Gasteiger partial charge >= 0.3 is 0 Å². The van der Waals surface area contributed by atoms with Crippen LogP contribution in [0.5, 0.6) is 0 Å². The number of anilines is 1. The molecule has 0 aromatic heterocycles. The molecule has 1 aliphatic heterocycles. The van der Waals surface area contributed by atoms with Crippen molar-refractivity contribution in [3.05, 3.63) is 29.3 Å². The summed E-state index contributed by atoms with van der Waals surface area (Å²) in [6.07, 6.45) is 2.08. The fourth-order valence-electron chi connectivity index (χ4n) is 2.58. The van der Waals surface area contributed by atoms with Gasteiger partial charge in [0.25, 0.3) is 5.91 Å². The summed E-state index contributed by atoms with van der Waals surface area (Å²) in [6.45, 7) is 3.13. The van der Waals surface area contributed by atoms with E-state index in [1.54, 1.807) is 12.1 Å². The molecule has 1 aliphatic carbocycles. The van der Waals surface area contributed by atoms with Gasteiger partial charge in [0.1, 0.15) is 0 Å². The van der Waals surface area contributed by atoms with Crippen LogP contribution in [0.1, 0.15) is 28.8 Å². The maximum atomic E-state index is 12.2. The molecule has 3 amide bonds. The molecule has 1 saturated heterocycles. The number of aryl methyl sites for hydroxylation is 1. The Hall–Kier alpha value is -2.57. The quantitative estimate of drug-likeness (QED) is 0.722. The Bertz CT molecular complexity index is 670. The molecule has 0 atom stereocenters. The normalized spacial score (nSPS) is 17.2. The molecule has 0 bridgehead atoms. The molecule has 0 radical (unpaired) electrons. The second-order valence-corrected chi connectivity index (χ2v) is 6.30. The average Bonchev–Trinajstić information content (AvgIpc) is 3.37. The number of nitrogens with zero attached hydrogens (tertiary/aromatic N) is 1. The Morgan fingerprint density at radius 3 is 2.83 bits per heavy atom. The van der Waals surface area contributed by atoms with Crippen LogP contribution in [0.2, 0.25) is 0 Å². The predicted octanol–water partition coefficient (Wildman–Crippen LogP) is 0.258. The van der Waals surface area contributed by atoms with E-state index in [9.17, 15) is 14.4 Å². The zero-order valence-electron chi connectivity index (χ0n) is 13.7. The van der Waals surface area contributed by atoms with E-state index in [2.05, 4.69) is 16.0 Å². The van der Waals surface area contributed by atoms with Gasteiger partial charge in [0.2, 0.25) is 11.8 Å². The third kappa shape index (κ3) is 4.04. The monoisotopic (exact) mass is 330 g/mol. The van der Waals surface area contributed by atoms with Crippen molar-refractivity contribution in [1.29, 1.82) is 0 Å². The molecule has 1 saturated carbocycles. The van der Waals surface area contributed by atoms with Gasteiger partial charge in [0.05, 0.1) is 13.1 Å². The lowest BCUT2D eigenvalue weighted by atomic mass is 10.1. The number of amides is 3. The first-order chi connectivity index (χ1) is 11.5. The first kappa shape index (κ1) is 16.3. The van der Waals surface area contributed by atoms with Crippen LogP contribution in [0.4, 0.5) is 5.69 Å². The summed E-state index contributed by atoms with van der Waals surface area (Å²) in [6, 6.07) is 5.73. The second-order valence-electron chi connectivity index (χ2n) is 6.30. The number of piperazine rings is 1. The van der Waals surface area contributed by atoms with E-state index in [1.165, 1.54) is 4.90 Å². The number of hydrogen-bond acceptors (Lipinski definition) is 4. The molecule has 1 aromatic carbocycles. The molecule has 1 aromatic rings. The number of nitrogens with one attached hydrogen (secondary N) is 3. The third-order valence-electron chi connectivity index (χ3n) is 4.23. The molecule has 24 heavy (non-hydrogen) atoms. The van der Waals surface area contributed by atoms with Crippen molar-refractivity contribution in [2.75, 3.05) is 31.5 Å². The van der Waals surface area contributed by atoms with Crippen LogP contribution in [0.25, 0.3) is 0 Å². The fourth-order valence-corrected chi connectivity index (χ4v) is 2.58. The topological polar surface area (TPSA) is 90.5 Å². The highest BCUT2D eigenvalue weighted by Crippen LogP contribution is 2.21. The molecule has 0 unspecified atom stereocenters. The summed E-state index contributed by atoms with van der Waals surface area (Å²) in [4.78, 5) is 37.2. The molecule has 2 fully saturated rings. The van der Waals surface area contributed by atoms with E-state index in [0.29, 0.717) is 24.7 Å². The first-order valence-corrected chi connectivity index (χ1v) is 8.23. The Morgan fingerprint density at radius 1 is 1.33 bits per heavy atom. The summed E-state index contributed by atoms with van der Waals surface area (Å²) in [5.74, 6) is -0.346. The van der Waals surface area contributed by atoms with Crippen molar-refractivity contribution in [3.63, 3.8) is 0 Å². The molecule has 7 nitrogen and oxygen atoms in total. The highest BCUT2D eigenvalue weighted by molar-refractivity contribution is 5.96. The van der Waals surface area contributed by atoms with Gasteiger partial charge in [-0.2, -0.15) is 0 Å². The highest BCUT2D eigenvalue weighted by Gasteiger charge is 2.24. The van der Waals surface area contributed by atoms with Crippen LogP contribution in [0.15, 0.2) is 18.2 Å². The largest absolute Gasteiger partial charge is 0.376 e. The SMILES string of the molecule is Cc1ccc(C(=O)NC2CC2)cc1NCC(=O)N1CCNC(=O)C1. The van der Waals surface area contributed by atoms with Crippen LogP contribution in [0, 0.1) is 6.92 Å². The van der Waals surface area contributed by atoms with Crippen molar-refractivity contribution < 1.29 is 14.4 Å². The smallest absolute Gasteiger partial charge is 0.251 e. The van der Waals surface area contributed by atoms with E-state index in [-0.39, 0.29) is 30.8 Å². The Labute approximate surface area is 140 Å². The molecule has 2 aliphatic rings. The lowest BCUT2D eigenvalue weighted by Gasteiger charge is -2.27. The molecule has 1 heterocycles. The van der Waals surface area contributed by atoms with Gasteiger partial charge in [0, 0.05) is 30.4 Å². The van der Waals surface area contributed by atoms with Crippen molar-refractivity contribution in [3.8, 4) is 0 Å². The first-order valence-electron chi connectivity index (χ1n) is 8.23. The van der Waals surface area contributed by atoms with Gasteiger partial charge in [-0.05, 0) is 37.5 Å². The summed E-state index contributed by atoms with van der Waals surface area (Å²) in [7, 11) is 0. The molecule has 3 rings (SSSR count).